The molecule has 2 aliphatic heterocycles. The highest BCUT2D eigenvalue weighted by molar-refractivity contribution is 7.23. The number of hydrogen-bond acceptors (Lipinski definition) is 9. The summed E-state index contributed by atoms with van der Waals surface area (Å²) >= 11 is 0.737. The van der Waals surface area contributed by atoms with Gasteiger partial charge in [-0.2, -0.15) is 10.2 Å². The van der Waals surface area contributed by atoms with Crippen molar-refractivity contribution in [1.29, 1.82) is 5.26 Å². The molecule has 2 N–H and O–H groups in total. The Kier molecular flexibility index (Phi) is 5.79. The minimum Gasteiger partial charge on any atom is -0.465 e. The molecule has 1 amide bonds. The molecule has 188 valence electrons. The number of carbonyl (C=O) groups is 1. The number of nitrogens with zero attached hydrogens (tertiary/aromatic N) is 4. The number of rotatable bonds is 5. The number of anilines is 1. The number of amides is 1. The highest BCUT2D eigenvalue weighted by atomic mass is 32.1. The molecule has 13 heteroatoms. The van der Waals surface area contributed by atoms with E-state index in [2.05, 4.69) is 20.3 Å². The van der Waals surface area contributed by atoms with Crippen LogP contribution in [-0.2, 0) is 22.7 Å². The summed E-state index contributed by atoms with van der Waals surface area (Å²) in [5.41, 5.74) is 0.960. The van der Waals surface area contributed by atoms with E-state index in [1.54, 1.807) is 0 Å². The molecule has 1 saturated heterocycles. The first-order valence-electron chi connectivity index (χ1n) is 11.3. The summed E-state index contributed by atoms with van der Waals surface area (Å²) in [6.07, 6.45) is 1.84. The number of thiophene rings is 1. The van der Waals surface area contributed by atoms with Crippen molar-refractivity contribution in [3.63, 3.8) is 0 Å². The van der Waals surface area contributed by atoms with Crippen LogP contribution < -0.4 is 10.1 Å². The highest BCUT2D eigenvalue weighted by Gasteiger charge is 2.30. The Labute approximate surface area is 211 Å². The van der Waals surface area contributed by atoms with Crippen molar-refractivity contribution < 1.29 is 32.9 Å². The van der Waals surface area contributed by atoms with Gasteiger partial charge in [-0.1, -0.05) is 0 Å². The van der Waals surface area contributed by atoms with E-state index in [0.29, 0.717) is 36.3 Å². The molecular weight excluding hydrogens is 508 g/mol. The van der Waals surface area contributed by atoms with Crippen LogP contribution in [0.4, 0.5) is 18.6 Å². The van der Waals surface area contributed by atoms with Gasteiger partial charge in [0.2, 0.25) is 0 Å². The van der Waals surface area contributed by atoms with Crippen molar-refractivity contribution in [2.45, 2.75) is 19.6 Å². The molecule has 1 aromatic carbocycles. The maximum absolute atomic E-state index is 16.3. The normalized spacial score (nSPS) is 16.7. The van der Waals surface area contributed by atoms with E-state index < -0.39 is 17.7 Å². The van der Waals surface area contributed by atoms with Crippen LogP contribution in [0.25, 0.3) is 32.2 Å². The van der Waals surface area contributed by atoms with Crippen molar-refractivity contribution in [3.8, 4) is 23.3 Å². The van der Waals surface area contributed by atoms with Gasteiger partial charge in [-0.05, 0) is 17.5 Å². The van der Waals surface area contributed by atoms with Gasteiger partial charge in [0.15, 0.2) is 11.6 Å². The molecule has 0 radical (unpaired) electrons. The van der Waals surface area contributed by atoms with Crippen LogP contribution in [0.15, 0.2) is 12.4 Å². The monoisotopic (exact) mass is 525 g/mol. The first kappa shape index (κ1) is 23.4. The Morgan fingerprint density at radius 2 is 2.11 bits per heavy atom. The minimum atomic E-state index is -1.42. The summed E-state index contributed by atoms with van der Waals surface area (Å²) in [5, 5.41) is 21.5. The maximum Gasteiger partial charge on any atom is 0.409 e. The van der Waals surface area contributed by atoms with E-state index in [1.165, 1.54) is 6.20 Å². The first-order chi connectivity index (χ1) is 18.0. The smallest absolute Gasteiger partial charge is 0.409 e. The third-order valence-electron chi connectivity index (χ3n) is 6.39. The summed E-state index contributed by atoms with van der Waals surface area (Å²) in [4.78, 5) is 24.0. The second kappa shape index (κ2) is 9.15. The third-order valence-corrected chi connectivity index (χ3v) is 7.50. The maximum atomic E-state index is 16.3. The summed E-state index contributed by atoms with van der Waals surface area (Å²) in [6, 6.07) is 1.91. The molecule has 2 aliphatic rings. The molecule has 1 fully saturated rings. The summed E-state index contributed by atoms with van der Waals surface area (Å²) in [5.74, 6) is -1.32. The second-order valence-corrected chi connectivity index (χ2v) is 9.62. The van der Waals surface area contributed by atoms with Crippen molar-refractivity contribution in [1.82, 2.24) is 15.0 Å². The number of halogens is 2. The number of fused-ring (bicyclic) bond motifs is 4. The van der Waals surface area contributed by atoms with E-state index >= 15 is 4.39 Å². The number of carboxylic acid groups (broad SMARTS) is 1. The SMILES string of the molecule is N#Cc1c(NC(=O)O)sc2c(F)cnc(-c3c4c(c5cnc(OC[C@@H]6CCOC6)nc5c3F)COC4)c12. The third kappa shape index (κ3) is 3.90. The van der Waals surface area contributed by atoms with Gasteiger partial charge in [-0.25, -0.2) is 18.6 Å². The van der Waals surface area contributed by atoms with E-state index in [0.717, 1.165) is 24.0 Å². The number of aromatic nitrogens is 3. The molecule has 0 spiro atoms. The van der Waals surface area contributed by atoms with E-state index in [4.69, 9.17) is 19.3 Å². The fourth-order valence-electron chi connectivity index (χ4n) is 4.67. The molecule has 0 bridgehead atoms. The van der Waals surface area contributed by atoms with E-state index in [1.807, 2.05) is 6.07 Å². The molecule has 6 rings (SSSR count). The fourth-order valence-corrected chi connectivity index (χ4v) is 5.72. The molecule has 0 unspecified atom stereocenters. The Hall–Kier alpha value is -3.99. The Balaban J connectivity index is 1.56. The number of ether oxygens (including phenoxy) is 3. The van der Waals surface area contributed by atoms with Gasteiger partial charge >= 0.3 is 12.1 Å². The van der Waals surface area contributed by atoms with Gasteiger partial charge in [-0.3, -0.25) is 10.3 Å². The Bertz CT molecular complexity index is 1630. The number of benzene rings is 1. The summed E-state index contributed by atoms with van der Waals surface area (Å²) in [6.45, 7) is 1.79. The molecule has 37 heavy (non-hydrogen) atoms. The number of hydrogen-bond donors (Lipinski definition) is 2. The van der Waals surface area contributed by atoms with Crippen LogP contribution >= 0.6 is 11.3 Å². The molecule has 5 heterocycles. The lowest BCUT2D eigenvalue weighted by molar-refractivity contribution is 0.135. The summed E-state index contributed by atoms with van der Waals surface area (Å²) in [7, 11) is 0. The first-order valence-corrected chi connectivity index (χ1v) is 12.1. The van der Waals surface area contributed by atoms with Crippen molar-refractivity contribution >= 4 is 43.4 Å². The number of nitriles is 1. The van der Waals surface area contributed by atoms with Gasteiger partial charge in [0.05, 0.1) is 48.6 Å². The van der Waals surface area contributed by atoms with Gasteiger partial charge < -0.3 is 19.3 Å². The zero-order chi connectivity index (χ0) is 25.7. The van der Waals surface area contributed by atoms with E-state index in [-0.39, 0.29) is 62.6 Å². The fraction of sp³-hybridized carbons (Fsp3) is 0.292. The summed E-state index contributed by atoms with van der Waals surface area (Å²) < 4.78 is 47.7. The zero-order valence-electron chi connectivity index (χ0n) is 19.0. The quantitative estimate of drug-likeness (QED) is 0.383. The lowest BCUT2D eigenvalue weighted by atomic mass is 9.94. The molecule has 0 saturated carbocycles. The molecule has 1 atom stereocenters. The Morgan fingerprint density at radius 3 is 2.86 bits per heavy atom. The van der Waals surface area contributed by atoms with Crippen LogP contribution in [-0.4, -0.2) is 46.0 Å². The largest absolute Gasteiger partial charge is 0.465 e. The molecule has 10 nitrogen and oxygen atoms in total. The van der Waals surface area contributed by atoms with Gasteiger partial charge in [0, 0.05) is 35.1 Å². The lowest BCUT2D eigenvalue weighted by Crippen LogP contribution is -2.13. The van der Waals surface area contributed by atoms with Crippen LogP contribution in [0.3, 0.4) is 0 Å². The van der Waals surface area contributed by atoms with Gasteiger partial charge in [0.1, 0.15) is 16.6 Å². The molecule has 0 aliphatic carbocycles. The van der Waals surface area contributed by atoms with Crippen molar-refractivity contribution in [2.75, 3.05) is 25.1 Å². The predicted molar refractivity (Wildman–Crippen MR) is 127 cm³/mol. The van der Waals surface area contributed by atoms with E-state index in [9.17, 15) is 14.4 Å². The molecule has 4 aromatic rings. The van der Waals surface area contributed by atoms with Crippen LogP contribution in [0.5, 0.6) is 6.01 Å². The number of nitrogens with one attached hydrogen (secondary N) is 1. The van der Waals surface area contributed by atoms with Gasteiger partial charge in [0.25, 0.3) is 0 Å². The average Bonchev–Trinajstić information content (AvgIpc) is 3.64. The van der Waals surface area contributed by atoms with Crippen LogP contribution in [0.1, 0.15) is 23.1 Å². The number of pyridine rings is 1. The zero-order valence-corrected chi connectivity index (χ0v) is 19.8. The standard InChI is InChI=1S/C24H17F2N5O5S/c25-15-5-28-20(17-11(3-27)22(31-24(32)33)37-21(15)17)16-14-9-35-8-13(14)12-4-29-23(30-19(12)18(16)26)36-7-10-1-2-34-6-10/h4-5,10,31H,1-2,6-9H2,(H,32,33)/t10-/m1/s1. The molecule has 3 aromatic heterocycles. The topological polar surface area (TPSA) is 139 Å². The van der Waals surface area contributed by atoms with Gasteiger partial charge in [-0.15, -0.1) is 11.3 Å². The van der Waals surface area contributed by atoms with Crippen LogP contribution in [0.2, 0.25) is 0 Å². The average molecular weight is 525 g/mol. The van der Waals surface area contributed by atoms with Crippen LogP contribution in [0, 0.1) is 28.9 Å². The van der Waals surface area contributed by atoms with Crippen molar-refractivity contribution in [2.24, 2.45) is 5.92 Å². The highest BCUT2D eigenvalue weighted by Crippen LogP contribution is 2.45. The second-order valence-electron chi connectivity index (χ2n) is 8.60. The molecular formula is C24H17F2N5O5S. The lowest BCUT2D eigenvalue weighted by Gasteiger charge is -2.14. The Morgan fingerprint density at radius 1 is 1.27 bits per heavy atom. The predicted octanol–water partition coefficient (Wildman–Crippen LogP) is 4.59. The minimum absolute atomic E-state index is 0.00141. The van der Waals surface area contributed by atoms with Crippen molar-refractivity contribution in [3.05, 3.63) is 40.7 Å².